The van der Waals surface area contributed by atoms with Crippen molar-refractivity contribution in [2.24, 2.45) is 11.7 Å². The van der Waals surface area contributed by atoms with Crippen LogP contribution in [-0.2, 0) is 0 Å². The second-order valence-corrected chi connectivity index (χ2v) is 3.63. The Bertz CT molecular complexity index is 517. The van der Waals surface area contributed by atoms with Crippen LogP contribution in [0, 0.1) is 5.92 Å². The molecule has 4 nitrogen and oxygen atoms in total. The minimum atomic E-state index is -0.193. The molecule has 0 aliphatic carbocycles. The Kier molecular flexibility index (Phi) is 3.55. The smallest absolute Gasteiger partial charge is 0.323 e. The quantitative estimate of drug-likeness (QED) is 0.627. The molecule has 1 rings (SSSR count). The fourth-order valence-corrected chi connectivity index (χ4v) is 1.51. The number of rotatable bonds is 2. The number of aromatic amines is 2. The van der Waals surface area contributed by atoms with Crippen molar-refractivity contribution in [1.29, 1.82) is 0 Å². The molecule has 1 aromatic heterocycles. The topological polar surface area (TPSA) is 74.7 Å². The lowest BCUT2D eigenvalue weighted by molar-refractivity contribution is 0.849. The highest BCUT2D eigenvalue weighted by atomic mass is 16.1. The molecular weight excluding hydrogens is 190 g/mol. The largest absolute Gasteiger partial charge is 0.405 e. The normalized spacial score (nSPS) is 15.3. The van der Waals surface area contributed by atoms with Crippen LogP contribution in [0.4, 0.5) is 0 Å². The molecule has 0 fully saturated rings. The van der Waals surface area contributed by atoms with E-state index >= 15 is 0 Å². The minimum Gasteiger partial charge on any atom is -0.405 e. The Labute approximate surface area is 88.2 Å². The van der Waals surface area contributed by atoms with Crippen molar-refractivity contribution >= 4 is 11.6 Å². The Hall–Kier alpha value is -1.71. The van der Waals surface area contributed by atoms with Crippen molar-refractivity contribution in [3.05, 3.63) is 33.5 Å². The van der Waals surface area contributed by atoms with E-state index in [9.17, 15) is 4.79 Å². The molecular formula is C11H17N3O. The predicted molar refractivity (Wildman–Crippen MR) is 62.4 cm³/mol. The van der Waals surface area contributed by atoms with Crippen molar-refractivity contribution < 1.29 is 0 Å². The van der Waals surface area contributed by atoms with Crippen LogP contribution >= 0.6 is 0 Å². The van der Waals surface area contributed by atoms with Crippen LogP contribution in [0.5, 0.6) is 0 Å². The maximum atomic E-state index is 11.2. The summed E-state index contributed by atoms with van der Waals surface area (Å²) in [6.07, 6.45) is 5.16. The van der Waals surface area contributed by atoms with E-state index in [1.165, 1.54) is 6.20 Å². The van der Waals surface area contributed by atoms with Gasteiger partial charge in [0.05, 0.1) is 10.7 Å². The maximum Gasteiger partial charge on any atom is 0.323 e. The van der Waals surface area contributed by atoms with Crippen LogP contribution in [0.1, 0.15) is 20.8 Å². The van der Waals surface area contributed by atoms with Gasteiger partial charge >= 0.3 is 5.69 Å². The van der Waals surface area contributed by atoms with Crippen molar-refractivity contribution in [3.8, 4) is 0 Å². The van der Waals surface area contributed by atoms with Crippen LogP contribution in [0.2, 0.25) is 0 Å². The molecule has 0 spiro atoms. The fourth-order valence-electron chi connectivity index (χ4n) is 1.51. The zero-order valence-electron chi connectivity index (χ0n) is 9.29. The number of aromatic nitrogens is 2. The lowest BCUT2D eigenvalue weighted by Crippen LogP contribution is -2.28. The Morgan fingerprint density at radius 1 is 1.40 bits per heavy atom. The Morgan fingerprint density at radius 3 is 2.53 bits per heavy atom. The number of allylic oxidation sites excluding steroid dienone is 1. The first-order chi connectivity index (χ1) is 7.10. The van der Waals surface area contributed by atoms with Crippen LogP contribution in [0.15, 0.2) is 17.1 Å². The van der Waals surface area contributed by atoms with Crippen molar-refractivity contribution in [1.82, 2.24) is 9.97 Å². The lowest BCUT2D eigenvalue weighted by Gasteiger charge is -2.03. The van der Waals surface area contributed by atoms with E-state index in [1.54, 1.807) is 0 Å². The van der Waals surface area contributed by atoms with Crippen molar-refractivity contribution in [2.75, 3.05) is 0 Å². The molecule has 15 heavy (non-hydrogen) atoms. The third kappa shape index (κ3) is 2.40. The molecule has 0 saturated heterocycles. The standard InChI is InChI=1S/C11H17N3O/c1-4-9-10(14-11(15)13-9)8(5-6-12)7(2)3/h4-7H,12H2,1-3H3,(H2,13,14,15)/b6-5-,9-4+,10-8-. The van der Waals surface area contributed by atoms with E-state index in [0.29, 0.717) is 5.92 Å². The number of H-pyrrole nitrogens is 2. The molecule has 1 aromatic rings. The van der Waals surface area contributed by atoms with Gasteiger partial charge in [0.15, 0.2) is 0 Å². The van der Waals surface area contributed by atoms with Gasteiger partial charge in [0, 0.05) is 0 Å². The predicted octanol–water partition coefficient (Wildman–Crippen LogP) is -0.217. The molecule has 0 unspecified atom stereocenters. The maximum absolute atomic E-state index is 11.2. The molecule has 0 atom stereocenters. The number of hydrogen-bond donors (Lipinski definition) is 3. The summed E-state index contributed by atoms with van der Waals surface area (Å²) in [6, 6.07) is 0. The van der Waals surface area contributed by atoms with Gasteiger partial charge in [0.2, 0.25) is 0 Å². The van der Waals surface area contributed by atoms with Crippen molar-refractivity contribution in [2.45, 2.75) is 20.8 Å². The molecule has 0 saturated carbocycles. The highest BCUT2D eigenvalue weighted by Gasteiger charge is 2.03. The Morgan fingerprint density at radius 2 is 2.07 bits per heavy atom. The summed E-state index contributed by atoms with van der Waals surface area (Å²) >= 11 is 0. The SMILES string of the molecule is C/C=c1/[nH]c(=O)[nH]/c1=C(/C=C\N)C(C)C. The van der Waals surface area contributed by atoms with E-state index in [0.717, 1.165) is 16.3 Å². The molecule has 82 valence electrons. The van der Waals surface area contributed by atoms with Gasteiger partial charge in [-0.1, -0.05) is 19.9 Å². The number of hydrogen-bond acceptors (Lipinski definition) is 2. The monoisotopic (exact) mass is 207 g/mol. The van der Waals surface area contributed by atoms with Crippen LogP contribution in [0.25, 0.3) is 11.6 Å². The number of nitrogens with two attached hydrogens (primary N) is 1. The van der Waals surface area contributed by atoms with Crippen LogP contribution in [0.3, 0.4) is 0 Å². The molecule has 0 aliphatic heterocycles. The van der Waals surface area contributed by atoms with Gasteiger partial charge in [-0.2, -0.15) is 0 Å². The van der Waals surface area contributed by atoms with Gasteiger partial charge in [0.25, 0.3) is 0 Å². The van der Waals surface area contributed by atoms with Crippen LogP contribution in [-0.4, -0.2) is 9.97 Å². The first kappa shape index (κ1) is 11.4. The van der Waals surface area contributed by atoms with Gasteiger partial charge in [-0.3, -0.25) is 0 Å². The first-order valence-corrected chi connectivity index (χ1v) is 4.97. The molecule has 0 aliphatic rings. The number of imidazole rings is 1. The number of nitrogens with one attached hydrogen (secondary N) is 2. The third-order valence-electron chi connectivity index (χ3n) is 2.23. The molecule has 0 bridgehead atoms. The fraction of sp³-hybridized carbons (Fsp3) is 0.364. The average Bonchev–Trinajstić information content (AvgIpc) is 2.55. The van der Waals surface area contributed by atoms with Gasteiger partial charge in [-0.05, 0) is 30.7 Å². The summed E-state index contributed by atoms with van der Waals surface area (Å²) in [4.78, 5) is 16.7. The highest BCUT2D eigenvalue weighted by Crippen LogP contribution is 2.08. The van der Waals surface area contributed by atoms with E-state index in [1.807, 2.05) is 19.1 Å². The molecule has 0 amide bonds. The second kappa shape index (κ2) is 4.68. The summed E-state index contributed by atoms with van der Waals surface area (Å²) in [6.45, 7) is 5.99. The summed E-state index contributed by atoms with van der Waals surface area (Å²) < 4.78 is 0. The summed E-state index contributed by atoms with van der Waals surface area (Å²) in [5.41, 5.74) is 6.21. The molecule has 4 N–H and O–H groups in total. The molecule has 0 aromatic carbocycles. The van der Waals surface area contributed by atoms with E-state index in [2.05, 4.69) is 23.8 Å². The second-order valence-electron chi connectivity index (χ2n) is 3.63. The van der Waals surface area contributed by atoms with E-state index in [-0.39, 0.29) is 5.69 Å². The van der Waals surface area contributed by atoms with Gasteiger partial charge < -0.3 is 15.7 Å². The summed E-state index contributed by atoms with van der Waals surface area (Å²) in [7, 11) is 0. The Balaban J connectivity index is 3.69. The third-order valence-corrected chi connectivity index (χ3v) is 2.23. The van der Waals surface area contributed by atoms with Gasteiger partial charge in [-0.25, -0.2) is 4.79 Å². The summed E-state index contributed by atoms with van der Waals surface area (Å²) in [5, 5.41) is 1.63. The average molecular weight is 207 g/mol. The zero-order chi connectivity index (χ0) is 11.4. The van der Waals surface area contributed by atoms with E-state index < -0.39 is 0 Å². The minimum absolute atomic E-state index is 0.193. The molecule has 4 heteroatoms. The summed E-state index contributed by atoms with van der Waals surface area (Å²) in [5.74, 6) is 0.301. The molecule has 0 radical (unpaired) electrons. The van der Waals surface area contributed by atoms with E-state index in [4.69, 9.17) is 5.73 Å². The zero-order valence-corrected chi connectivity index (χ0v) is 9.29. The lowest BCUT2D eigenvalue weighted by atomic mass is 10.0. The van der Waals surface area contributed by atoms with Gasteiger partial charge in [0.1, 0.15) is 0 Å². The molecule has 1 heterocycles. The van der Waals surface area contributed by atoms with Crippen LogP contribution < -0.4 is 22.1 Å². The van der Waals surface area contributed by atoms with Gasteiger partial charge in [-0.15, -0.1) is 0 Å². The highest BCUT2D eigenvalue weighted by molar-refractivity contribution is 5.56. The van der Waals surface area contributed by atoms with Crippen molar-refractivity contribution in [3.63, 3.8) is 0 Å². The first-order valence-electron chi connectivity index (χ1n) is 4.97.